The molecule has 0 atom stereocenters. The van der Waals surface area contributed by atoms with Crippen molar-refractivity contribution in [1.29, 1.82) is 0 Å². The molecule has 0 aromatic heterocycles. The number of carbonyl (C=O) groups excluding carboxylic acids is 3. The average Bonchev–Trinajstić information content (AvgIpc) is 2.99. The summed E-state index contributed by atoms with van der Waals surface area (Å²) in [6.07, 6.45) is 0.704. The summed E-state index contributed by atoms with van der Waals surface area (Å²) < 4.78 is 0. The summed E-state index contributed by atoms with van der Waals surface area (Å²) in [5, 5.41) is 2.12. The second kappa shape index (κ2) is 7.87. The van der Waals surface area contributed by atoms with Crippen molar-refractivity contribution in [3.8, 4) is 0 Å². The Kier molecular flexibility index (Phi) is 5.12. The van der Waals surface area contributed by atoms with Crippen molar-refractivity contribution in [3.63, 3.8) is 0 Å². The Morgan fingerprint density at radius 1 is 0.862 bits per heavy atom. The van der Waals surface area contributed by atoms with E-state index in [1.165, 1.54) is 4.90 Å². The predicted molar refractivity (Wildman–Crippen MR) is 113 cm³/mol. The molecule has 5 nitrogen and oxygen atoms in total. The van der Waals surface area contributed by atoms with Crippen molar-refractivity contribution in [2.24, 2.45) is 0 Å². The van der Waals surface area contributed by atoms with Crippen molar-refractivity contribution in [3.05, 3.63) is 77.9 Å². The van der Waals surface area contributed by atoms with Gasteiger partial charge in [0.15, 0.2) is 0 Å². The van der Waals surface area contributed by atoms with Crippen LogP contribution in [0.15, 0.2) is 66.7 Å². The lowest BCUT2D eigenvalue weighted by Crippen LogP contribution is -2.34. The van der Waals surface area contributed by atoms with Crippen molar-refractivity contribution < 1.29 is 14.4 Å². The summed E-state index contributed by atoms with van der Waals surface area (Å²) in [6, 6.07) is 20.7. The molecule has 3 aromatic rings. The van der Waals surface area contributed by atoms with Gasteiger partial charge >= 0.3 is 0 Å². The van der Waals surface area contributed by atoms with Crippen LogP contribution in [0.3, 0.4) is 0 Å². The maximum Gasteiger partial charge on any atom is 0.261 e. The highest BCUT2D eigenvalue weighted by Gasteiger charge is 2.34. The molecule has 0 saturated carbocycles. The van der Waals surface area contributed by atoms with Gasteiger partial charge in [0.1, 0.15) is 0 Å². The molecule has 0 spiro atoms. The van der Waals surface area contributed by atoms with E-state index in [0.717, 1.165) is 16.5 Å². The minimum atomic E-state index is -0.278. The molecule has 29 heavy (non-hydrogen) atoms. The van der Waals surface area contributed by atoms with Gasteiger partial charge in [-0.25, -0.2) is 0 Å². The monoisotopic (exact) mass is 386 g/mol. The highest BCUT2D eigenvalue weighted by Crippen LogP contribution is 2.27. The number of carbonyl (C=O) groups is 3. The molecule has 0 saturated heterocycles. The molecule has 1 heterocycles. The fourth-order valence-electron chi connectivity index (χ4n) is 3.89. The molecule has 0 fully saturated rings. The van der Waals surface area contributed by atoms with Crippen LogP contribution in [0.1, 0.15) is 40.5 Å². The standard InChI is InChI=1S/C24H22N2O3/c1-2-25(21-14-7-10-17-9-3-4-11-18(17)21)22(27)15-8-16-26-23(28)19-12-5-6-13-20(19)24(26)29/h3-7,9-14H,2,8,15-16H2,1H3. The number of anilines is 1. The van der Waals surface area contributed by atoms with E-state index in [1.54, 1.807) is 29.2 Å². The molecule has 0 radical (unpaired) electrons. The summed E-state index contributed by atoms with van der Waals surface area (Å²) in [4.78, 5) is 40.8. The molecular formula is C24H22N2O3. The lowest BCUT2D eigenvalue weighted by molar-refractivity contribution is -0.118. The van der Waals surface area contributed by atoms with E-state index in [2.05, 4.69) is 0 Å². The second-order valence-electron chi connectivity index (χ2n) is 7.05. The molecule has 5 heteroatoms. The minimum absolute atomic E-state index is 0.0135. The smallest absolute Gasteiger partial charge is 0.261 e. The van der Waals surface area contributed by atoms with Gasteiger partial charge in [0.25, 0.3) is 11.8 Å². The zero-order chi connectivity index (χ0) is 20.4. The average molecular weight is 386 g/mol. The Morgan fingerprint density at radius 3 is 2.17 bits per heavy atom. The summed E-state index contributed by atoms with van der Waals surface area (Å²) in [6.45, 7) is 2.74. The van der Waals surface area contributed by atoms with Crippen molar-refractivity contribution in [1.82, 2.24) is 4.90 Å². The van der Waals surface area contributed by atoms with Gasteiger partial charge in [-0.05, 0) is 36.9 Å². The topological polar surface area (TPSA) is 57.7 Å². The van der Waals surface area contributed by atoms with Gasteiger partial charge in [-0.1, -0.05) is 48.5 Å². The second-order valence-corrected chi connectivity index (χ2v) is 7.05. The maximum absolute atomic E-state index is 12.9. The Balaban J connectivity index is 1.44. The fourth-order valence-corrected chi connectivity index (χ4v) is 3.89. The Morgan fingerprint density at radius 2 is 1.48 bits per heavy atom. The molecule has 146 valence electrons. The van der Waals surface area contributed by atoms with E-state index in [9.17, 15) is 14.4 Å². The van der Waals surface area contributed by atoms with Gasteiger partial charge in [0, 0.05) is 24.9 Å². The van der Waals surface area contributed by atoms with Crippen LogP contribution in [0, 0.1) is 0 Å². The first-order valence-corrected chi connectivity index (χ1v) is 9.85. The number of amides is 3. The molecule has 0 unspecified atom stereocenters. The van der Waals surface area contributed by atoms with Crippen molar-refractivity contribution in [2.75, 3.05) is 18.0 Å². The number of nitrogens with zero attached hydrogens (tertiary/aromatic N) is 2. The van der Waals surface area contributed by atoms with E-state index in [0.29, 0.717) is 24.1 Å². The summed E-state index contributed by atoms with van der Waals surface area (Å²) >= 11 is 0. The van der Waals surface area contributed by atoms with Gasteiger partial charge in [0.05, 0.1) is 16.8 Å². The molecule has 0 N–H and O–H groups in total. The predicted octanol–water partition coefficient (Wildman–Crippen LogP) is 4.27. The highest BCUT2D eigenvalue weighted by molar-refractivity contribution is 6.21. The fraction of sp³-hybridized carbons (Fsp3) is 0.208. The number of imide groups is 1. The van der Waals surface area contributed by atoms with E-state index in [-0.39, 0.29) is 30.7 Å². The van der Waals surface area contributed by atoms with Crippen LogP contribution in [-0.4, -0.2) is 35.7 Å². The van der Waals surface area contributed by atoms with Crippen LogP contribution in [0.5, 0.6) is 0 Å². The van der Waals surface area contributed by atoms with Crippen molar-refractivity contribution >= 4 is 34.2 Å². The van der Waals surface area contributed by atoms with Gasteiger partial charge in [-0.3, -0.25) is 19.3 Å². The summed E-state index contributed by atoms with van der Waals surface area (Å²) in [7, 11) is 0. The summed E-state index contributed by atoms with van der Waals surface area (Å²) in [5.74, 6) is -0.570. The molecule has 3 aromatic carbocycles. The van der Waals surface area contributed by atoms with Gasteiger partial charge in [-0.2, -0.15) is 0 Å². The highest BCUT2D eigenvalue weighted by atomic mass is 16.2. The largest absolute Gasteiger partial charge is 0.312 e. The number of fused-ring (bicyclic) bond motifs is 2. The maximum atomic E-state index is 12.9. The van der Waals surface area contributed by atoms with Crippen LogP contribution in [-0.2, 0) is 4.79 Å². The van der Waals surface area contributed by atoms with Crippen LogP contribution < -0.4 is 4.90 Å². The minimum Gasteiger partial charge on any atom is -0.312 e. The first-order chi connectivity index (χ1) is 14.1. The van der Waals surface area contributed by atoms with Crippen LogP contribution in [0.25, 0.3) is 10.8 Å². The Hall–Kier alpha value is -3.47. The first-order valence-electron chi connectivity index (χ1n) is 9.85. The molecule has 4 rings (SSSR count). The van der Waals surface area contributed by atoms with E-state index in [1.807, 2.05) is 49.4 Å². The first kappa shape index (κ1) is 18.9. The third-order valence-electron chi connectivity index (χ3n) is 5.33. The number of hydrogen-bond acceptors (Lipinski definition) is 3. The Bertz CT molecular complexity index is 1070. The van der Waals surface area contributed by atoms with Crippen LogP contribution in [0.4, 0.5) is 5.69 Å². The van der Waals surface area contributed by atoms with E-state index < -0.39 is 0 Å². The third-order valence-corrected chi connectivity index (χ3v) is 5.33. The SMILES string of the molecule is CCN(C(=O)CCCN1C(=O)c2ccccc2C1=O)c1cccc2ccccc12. The molecule has 3 amide bonds. The molecule has 1 aliphatic rings. The third kappa shape index (κ3) is 3.40. The zero-order valence-corrected chi connectivity index (χ0v) is 16.3. The normalized spacial score (nSPS) is 13.1. The van der Waals surface area contributed by atoms with Crippen molar-refractivity contribution in [2.45, 2.75) is 19.8 Å². The van der Waals surface area contributed by atoms with Crippen LogP contribution >= 0.6 is 0 Å². The summed E-state index contributed by atoms with van der Waals surface area (Å²) in [5.41, 5.74) is 1.76. The number of benzene rings is 3. The molecule has 0 aliphatic carbocycles. The Labute approximate surface area is 169 Å². The van der Waals surface area contributed by atoms with Gasteiger partial charge < -0.3 is 4.90 Å². The number of hydrogen-bond donors (Lipinski definition) is 0. The molecular weight excluding hydrogens is 364 g/mol. The lowest BCUT2D eigenvalue weighted by Gasteiger charge is -2.23. The molecule has 0 bridgehead atoms. The number of rotatable bonds is 6. The van der Waals surface area contributed by atoms with Gasteiger partial charge in [0.2, 0.25) is 5.91 Å². The van der Waals surface area contributed by atoms with Crippen LogP contribution in [0.2, 0.25) is 0 Å². The van der Waals surface area contributed by atoms with Gasteiger partial charge in [-0.15, -0.1) is 0 Å². The lowest BCUT2D eigenvalue weighted by atomic mass is 10.1. The van der Waals surface area contributed by atoms with E-state index >= 15 is 0 Å². The zero-order valence-electron chi connectivity index (χ0n) is 16.3. The quantitative estimate of drug-likeness (QED) is 0.595. The molecule has 1 aliphatic heterocycles. The van der Waals surface area contributed by atoms with E-state index in [4.69, 9.17) is 0 Å².